The first-order chi connectivity index (χ1) is 4.43. The van der Waals surface area contributed by atoms with Crippen LogP contribution in [0.5, 0.6) is 0 Å². The molecule has 1 fully saturated rings. The van der Waals surface area contributed by atoms with Crippen molar-refractivity contribution >= 4 is 12.4 Å². The van der Waals surface area contributed by atoms with Crippen molar-refractivity contribution in [2.75, 3.05) is 19.7 Å². The molecule has 0 radical (unpaired) electrons. The molecule has 1 unspecified atom stereocenters. The minimum Gasteiger partial charge on any atom is -0.373 e. The summed E-state index contributed by atoms with van der Waals surface area (Å²) in [6, 6.07) is 0. The first kappa shape index (κ1) is 9.95. The maximum Gasteiger partial charge on any atom is 0.0715 e. The Bertz CT molecular complexity index is 91.6. The summed E-state index contributed by atoms with van der Waals surface area (Å²) in [6.07, 6.45) is 3.37. The summed E-state index contributed by atoms with van der Waals surface area (Å²) in [6.45, 7) is 6.37. The van der Waals surface area contributed by atoms with E-state index in [1.165, 1.54) is 0 Å². The zero-order valence-corrected chi connectivity index (χ0v) is 6.82. The fraction of sp³-hybridized carbons (Fsp3) is 0.714. The molecular weight excluding hydrogens is 150 g/mol. The molecule has 0 saturated carbocycles. The Hall–Kier alpha value is -0.0500. The van der Waals surface area contributed by atoms with Crippen molar-refractivity contribution in [3.63, 3.8) is 0 Å². The van der Waals surface area contributed by atoms with Crippen molar-refractivity contribution in [2.24, 2.45) is 0 Å². The maximum atomic E-state index is 5.37. The lowest BCUT2D eigenvalue weighted by molar-refractivity contribution is 0.0896. The summed E-state index contributed by atoms with van der Waals surface area (Å²) in [5.41, 5.74) is 0. The molecule has 1 N–H and O–H groups in total. The van der Waals surface area contributed by atoms with Gasteiger partial charge in [-0.3, -0.25) is 0 Å². The fourth-order valence-corrected chi connectivity index (χ4v) is 0.975. The van der Waals surface area contributed by atoms with Crippen LogP contribution in [-0.4, -0.2) is 25.8 Å². The van der Waals surface area contributed by atoms with E-state index in [2.05, 4.69) is 11.9 Å². The standard InChI is InChI=1S/C7H13NO.ClH/c1-2-5-9-7-3-4-8-6-7;/h2,7-8H,1,3-6H2;1H. The number of ether oxygens (including phenoxy) is 1. The van der Waals surface area contributed by atoms with Gasteiger partial charge in [-0.15, -0.1) is 19.0 Å². The molecule has 0 aromatic heterocycles. The van der Waals surface area contributed by atoms with Gasteiger partial charge in [0.25, 0.3) is 0 Å². The van der Waals surface area contributed by atoms with E-state index < -0.39 is 0 Å². The second-order valence-corrected chi connectivity index (χ2v) is 2.24. The van der Waals surface area contributed by atoms with Crippen molar-refractivity contribution in [1.82, 2.24) is 5.32 Å². The second-order valence-electron chi connectivity index (χ2n) is 2.24. The first-order valence-electron chi connectivity index (χ1n) is 3.36. The molecule has 1 aliphatic rings. The van der Waals surface area contributed by atoms with Crippen molar-refractivity contribution in [2.45, 2.75) is 12.5 Å². The molecule has 0 amide bonds. The van der Waals surface area contributed by atoms with Crippen LogP contribution in [0.15, 0.2) is 12.7 Å². The zero-order valence-electron chi connectivity index (χ0n) is 6.01. The maximum absolute atomic E-state index is 5.37. The third-order valence-electron chi connectivity index (χ3n) is 1.46. The minimum atomic E-state index is 0. The smallest absolute Gasteiger partial charge is 0.0715 e. The number of hydrogen-bond acceptors (Lipinski definition) is 2. The van der Waals surface area contributed by atoms with Crippen LogP contribution in [0.1, 0.15) is 6.42 Å². The molecule has 2 nitrogen and oxygen atoms in total. The molecular formula is C7H14ClNO. The van der Waals surface area contributed by atoms with Gasteiger partial charge in [0.05, 0.1) is 12.7 Å². The van der Waals surface area contributed by atoms with Gasteiger partial charge in [0.1, 0.15) is 0 Å². The largest absolute Gasteiger partial charge is 0.373 e. The van der Waals surface area contributed by atoms with Crippen LogP contribution in [0.3, 0.4) is 0 Å². The van der Waals surface area contributed by atoms with E-state index in [9.17, 15) is 0 Å². The first-order valence-corrected chi connectivity index (χ1v) is 3.36. The van der Waals surface area contributed by atoms with Crippen LogP contribution in [-0.2, 0) is 4.74 Å². The molecule has 1 rings (SSSR count). The van der Waals surface area contributed by atoms with Crippen molar-refractivity contribution in [3.05, 3.63) is 12.7 Å². The molecule has 0 aromatic carbocycles. The Kier molecular flexibility index (Phi) is 5.69. The molecule has 0 spiro atoms. The van der Waals surface area contributed by atoms with Gasteiger partial charge in [0.2, 0.25) is 0 Å². The minimum absolute atomic E-state index is 0. The molecule has 0 aliphatic carbocycles. The van der Waals surface area contributed by atoms with Gasteiger partial charge < -0.3 is 10.1 Å². The fourth-order valence-electron chi connectivity index (χ4n) is 0.975. The summed E-state index contributed by atoms with van der Waals surface area (Å²) >= 11 is 0. The topological polar surface area (TPSA) is 21.3 Å². The number of rotatable bonds is 3. The molecule has 3 heteroatoms. The highest BCUT2D eigenvalue weighted by Crippen LogP contribution is 2.01. The van der Waals surface area contributed by atoms with Crippen LogP contribution < -0.4 is 5.32 Å². The van der Waals surface area contributed by atoms with Gasteiger partial charge in [-0.05, 0) is 13.0 Å². The summed E-state index contributed by atoms with van der Waals surface area (Å²) in [7, 11) is 0. The molecule has 10 heavy (non-hydrogen) atoms. The lowest BCUT2D eigenvalue weighted by Crippen LogP contribution is -2.16. The van der Waals surface area contributed by atoms with E-state index >= 15 is 0 Å². The molecule has 1 atom stereocenters. The Morgan fingerprint density at radius 3 is 3.00 bits per heavy atom. The van der Waals surface area contributed by atoms with E-state index in [4.69, 9.17) is 4.74 Å². The lowest BCUT2D eigenvalue weighted by atomic mass is 10.3. The quantitative estimate of drug-likeness (QED) is 0.627. The Morgan fingerprint density at radius 2 is 2.50 bits per heavy atom. The van der Waals surface area contributed by atoms with Gasteiger partial charge in [0.15, 0.2) is 0 Å². The lowest BCUT2D eigenvalue weighted by Gasteiger charge is -2.06. The van der Waals surface area contributed by atoms with E-state index in [-0.39, 0.29) is 12.4 Å². The van der Waals surface area contributed by atoms with Crippen LogP contribution in [0.25, 0.3) is 0 Å². The van der Waals surface area contributed by atoms with E-state index in [1.54, 1.807) is 6.08 Å². The van der Waals surface area contributed by atoms with Gasteiger partial charge in [0, 0.05) is 6.54 Å². The van der Waals surface area contributed by atoms with Crippen LogP contribution >= 0.6 is 12.4 Å². The molecule has 0 bridgehead atoms. The summed E-state index contributed by atoms with van der Waals surface area (Å²) in [5.74, 6) is 0. The van der Waals surface area contributed by atoms with Crippen molar-refractivity contribution < 1.29 is 4.74 Å². The molecule has 60 valence electrons. The Labute approximate surface area is 68.0 Å². The van der Waals surface area contributed by atoms with Crippen molar-refractivity contribution in [3.8, 4) is 0 Å². The Balaban J connectivity index is 0.000000810. The second kappa shape index (κ2) is 5.71. The normalized spacial score (nSPS) is 23.8. The zero-order chi connectivity index (χ0) is 6.53. The number of halogens is 1. The van der Waals surface area contributed by atoms with E-state index in [1.807, 2.05) is 0 Å². The SMILES string of the molecule is C=CCOC1CCNC1.Cl. The highest BCUT2D eigenvalue weighted by Gasteiger charge is 2.12. The average molecular weight is 164 g/mol. The van der Waals surface area contributed by atoms with Crippen LogP contribution in [0.2, 0.25) is 0 Å². The predicted molar refractivity (Wildman–Crippen MR) is 44.7 cm³/mol. The number of hydrogen-bond donors (Lipinski definition) is 1. The van der Waals surface area contributed by atoms with Gasteiger partial charge in [-0.25, -0.2) is 0 Å². The van der Waals surface area contributed by atoms with Gasteiger partial charge in [-0.2, -0.15) is 0 Å². The Morgan fingerprint density at radius 1 is 1.70 bits per heavy atom. The van der Waals surface area contributed by atoms with E-state index in [0.717, 1.165) is 19.5 Å². The third-order valence-corrected chi connectivity index (χ3v) is 1.46. The predicted octanol–water partition coefficient (Wildman–Crippen LogP) is 0.973. The van der Waals surface area contributed by atoms with Crippen LogP contribution in [0.4, 0.5) is 0 Å². The molecule has 1 heterocycles. The van der Waals surface area contributed by atoms with E-state index in [0.29, 0.717) is 12.7 Å². The number of nitrogens with one attached hydrogen (secondary N) is 1. The summed E-state index contributed by atoms with van der Waals surface area (Å²) < 4.78 is 5.37. The summed E-state index contributed by atoms with van der Waals surface area (Å²) in [4.78, 5) is 0. The average Bonchev–Trinajstić information content (AvgIpc) is 2.34. The van der Waals surface area contributed by atoms with Gasteiger partial charge in [-0.1, -0.05) is 6.08 Å². The van der Waals surface area contributed by atoms with Crippen LogP contribution in [0, 0.1) is 0 Å². The highest BCUT2D eigenvalue weighted by molar-refractivity contribution is 5.85. The van der Waals surface area contributed by atoms with Crippen molar-refractivity contribution in [1.29, 1.82) is 0 Å². The highest BCUT2D eigenvalue weighted by atomic mass is 35.5. The summed E-state index contributed by atoms with van der Waals surface area (Å²) in [5, 5.41) is 3.22. The third kappa shape index (κ3) is 3.20. The monoisotopic (exact) mass is 163 g/mol. The molecule has 1 aliphatic heterocycles. The molecule has 0 aromatic rings. The molecule has 1 saturated heterocycles. The van der Waals surface area contributed by atoms with Gasteiger partial charge >= 0.3 is 0 Å².